The molecule has 31 heavy (non-hydrogen) atoms. The van der Waals surface area contributed by atoms with Gasteiger partial charge in [-0.1, -0.05) is 55.1 Å². The molecule has 2 heterocycles. The largest absolute Gasteiger partial charge is 0.507 e. The van der Waals surface area contributed by atoms with Crippen molar-refractivity contribution in [2.24, 2.45) is 0 Å². The molecule has 6 heteroatoms. The van der Waals surface area contributed by atoms with Gasteiger partial charge >= 0.3 is 0 Å². The summed E-state index contributed by atoms with van der Waals surface area (Å²) < 4.78 is 11.0. The van der Waals surface area contributed by atoms with Crippen molar-refractivity contribution in [2.75, 3.05) is 6.61 Å². The number of aliphatic hydroxyl groups is 1. The van der Waals surface area contributed by atoms with Crippen molar-refractivity contribution in [3.05, 3.63) is 108 Å². The molecule has 3 aromatic rings. The van der Waals surface area contributed by atoms with Crippen LogP contribution in [-0.4, -0.2) is 28.3 Å². The predicted molar refractivity (Wildman–Crippen MR) is 115 cm³/mol. The summed E-state index contributed by atoms with van der Waals surface area (Å²) >= 11 is 0. The van der Waals surface area contributed by atoms with E-state index in [1.54, 1.807) is 66.7 Å². The van der Waals surface area contributed by atoms with Gasteiger partial charge in [0, 0.05) is 5.56 Å². The first-order valence-corrected chi connectivity index (χ1v) is 9.80. The van der Waals surface area contributed by atoms with Crippen molar-refractivity contribution >= 4 is 17.4 Å². The molecule has 2 aromatic carbocycles. The Bertz CT molecular complexity index is 1130. The Labute approximate surface area is 179 Å². The molecule has 1 aromatic heterocycles. The Morgan fingerprint density at radius 3 is 2.61 bits per heavy atom. The minimum absolute atomic E-state index is 0.0311. The molecule has 0 aliphatic carbocycles. The lowest BCUT2D eigenvalue weighted by molar-refractivity contribution is -0.140. The molecule has 0 saturated carbocycles. The maximum atomic E-state index is 13.0. The predicted octanol–water partition coefficient (Wildman–Crippen LogP) is 4.47. The van der Waals surface area contributed by atoms with E-state index >= 15 is 0 Å². The number of ketones is 1. The van der Waals surface area contributed by atoms with Crippen molar-refractivity contribution in [1.82, 2.24) is 4.90 Å². The molecule has 1 fully saturated rings. The fourth-order valence-electron chi connectivity index (χ4n) is 3.64. The number of aliphatic hydroxyl groups excluding tert-OH is 1. The van der Waals surface area contributed by atoms with Crippen LogP contribution in [-0.2, 0) is 16.1 Å². The van der Waals surface area contributed by atoms with Crippen LogP contribution in [0.4, 0.5) is 0 Å². The molecule has 0 radical (unpaired) electrons. The lowest BCUT2D eigenvalue weighted by Gasteiger charge is -2.25. The van der Waals surface area contributed by atoms with Crippen LogP contribution in [0.15, 0.2) is 95.6 Å². The van der Waals surface area contributed by atoms with Crippen LogP contribution in [0.1, 0.15) is 22.9 Å². The molecule has 0 spiro atoms. The number of Topliss-reactive ketones (excluding diaryl/α,β-unsaturated/α-hetero) is 1. The van der Waals surface area contributed by atoms with Gasteiger partial charge in [-0.2, -0.15) is 0 Å². The number of rotatable bonds is 7. The molecular weight excluding hydrogens is 394 g/mol. The summed E-state index contributed by atoms with van der Waals surface area (Å²) in [5, 5.41) is 11.0. The van der Waals surface area contributed by atoms with Gasteiger partial charge in [0.2, 0.25) is 0 Å². The average molecular weight is 415 g/mol. The summed E-state index contributed by atoms with van der Waals surface area (Å²) in [5.74, 6) is -0.554. The van der Waals surface area contributed by atoms with Crippen LogP contribution < -0.4 is 4.74 Å². The summed E-state index contributed by atoms with van der Waals surface area (Å²) in [6.07, 6.45) is 3.14. The molecule has 1 N–H and O–H groups in total. The average Bonchev–Trinajstić information content (AvgIpc) is 3.40. The van der Waals surface area contributed by atoms with Crippen LogP contribution in [0.5, 0.6) is 5.75 Å². The zero-order valence-corrected chi connectivity index (χ0v) is 16.7. The molecular formula is C25H21NO5. The molecule has 1 saturated heterocycles. The van der Waals surface area contributed by atoms with Crippen molar-refractivity contribution in [3.8, 4) is 5.75 Å². The molecule has 1 unspecified atom stereocenters. The fraction of sp³-hybridized carbons (Fsp3) is 0.120. The monoisotopic (exact) mass is 415 g/mol. The van der Waals surface area contributed by atoms with E-state index in [0.717, 1.165) is 0 Å². The van der Waals surface area contributed by atoms with E-state index in [-0.39, 0.29) is 17.9 Å². The van der Waals surface area contributed by atoms with Gasteiger partial charge in [0.25, 0.3) is 11.7 Å². The van der Waals surface area contributed by atoms with Crippen LogP contribution in [0.2, 0.25) is 0 Å². The van der Waals surface area contributed by atoms with Crippen LogP contribution in [0.25, 0.3) is 5.76 Å². The quantitative estimate of drug-likeness (QED) is 0.267. The summed E-state index contributed by atoms with van der Waals surface area (Å²) in [6, 6.07) is 18.5. The van der Waals surface area contributed by atoms with Gasteiger partial charge in [-0.25, -0.2) is 0 Å². The van der Waals surface area contributed by atoms with Crippen LogP contribution in [0.3, 0.4) is 0 Å². The minimum atomic E-state index is -0.794. The molecule has 156 valence electrons. The first-order chi connectivity index (χ1) is 15.1. The zero-order chi connectivity index (χ0) is 21.8. The highest BCUT2D eigenvalue weighted by Gasteiger charge is 2.46. The Morgan fingerprint density at radius 1 is 1.10 bits per heavy atom. The van der Waals surface area contributed by atoms with Gasteiger partial charge in [-0.15, -0.1) is 0 Å². The highest BCUT2D eigenvalue weighted by molar-refractivity contribution is 6.46. The third-order valence-electron chi connectivity index (χ3n) is 5.04. The molecule has 4 rings (SSSR count). The lowest BCUT2D eigenvalue weighted by atomic mass is 9.95. The number of likely N-dealkylation sites (tertiary alicyclic amines) is 1. The second-order valence-corrected chi connectivity index (χ2v) is 7.04. The van der Waals surface area contributed by atoms with Gasteiger partial charge in [-0.05, 0) is 29.8 Å². The second-order valence-electron chi connectivity index (χ2n) is 7.04. The maximum absolute atomic E-state index is 13.0. The lowest BCUT2D eigenvalue weighted by Crippen LogP contribution is -2.29. The second kappa shape index (κ2) is 8.75. The molecule has 1 aliphatic heterocycles. The fourth-order valence-corrected chi connectivity index (χ4v) is 3.64. The van der Waals surface area contributed by atoms with Crippen LogP contribution >= 0.6 is 0 Å². The maximum Gasteiger partial charge on any atom is 0.296 e. The van der Waals surface area contributed by atoms with Crippen LogP contribution in [0, 0.1) is 0 Å². The van der Waals surface area contributed by atoms with Crippen molar-refractivity contribution in [2.45, 2.75) is 12.6 Å². The third kappa shape index (κ3) is 4.00. The Morgan fingerprint density at radius 2 is 1.90 bits per heavy atom. The number of nitrogens with zero attached hydrogens (tertiary/aromatic N) is 1. The van der Waals surface area contributed by atoms with Gasteiger partial charge in [0.1, 0.15) is 23.9 Å². The van der Waals surface area contributed by atoms with E-state index in [1.807, 2.05) is 6.07 Å². The van der Waals surface area contributed by atoms with E-state index in [2.05, 4.69) is 6.58 Å². The number of hydrogen-bond donors (Lipinski definition) is 1. The van der Waals surface area contributed by atoms with E-state index < -0.39 is 17.7 Å². The van der Waals surface area contributed by atoms with E-state index in [4.69, 9.17) is 9.15 Å². The van der Waals surface area contributed by atoms with Gasteiger partial charge in [0.05, 0.1) is 24.4 Å². The van der Waals surface area contributed by atoms with Gasteiger partial charge in [-0.3, -0.25) is 9.59 Å². The summed E-state index contributed by atoms with van der Waals surface area (Å²) in [7, 11) is 0. The number of carbonyl (C=O) groups excluding carboxylic acids is 2. The topological polar surface area (TPSA) is 80.0 Å². The highest BCUT2D eigenvalue weighted by Crippen LogP contribution is 2.41. The number of hydrogen-bond acceptors (Lipinski definition) is 5. The Hall–Kier alpha value is -4.06. The molecule has 1 aliphatic rings. The Kier molecular flexibility index (Phi) is 5.71. The zero-order valence-electron chi connectivity index (χ0n) is 16.7. The third-order valence-corrected chi connectivity index (χ3v) is 5.04. The minimum Gasteiger partial charge on any atom is -0.507 e. The Balaban J connectivity index is 1.84. The van der Waals surface area contributed by atoms with E-state index in [0.29, 0.717) is 29.2 Å². The summed E-state index contributed by atoms with van der Waals surface area (Å²) in [4.78, 5) is 27.4. The first kappa shape index (κ1) is 20.2. The SMILES string of the molecule is C=CCOc1cccc(C2C(=C(O)c3ccccc3)C(=O)C(=O)N2Cc2ccco2)c1. The van der Waals surface area contributed by atoms with E-state index in [1.165, 1.54) is 11.2 Å². The number of benzene rings is 2. The number of furan rings is 1. The van der Waals surface area contributed by atoms with Crippen molar-refractivity contribution in [1.29, 1.82) is 0 Å². The summed E-state index contributed by atoms with van der Waals surface area (Å²) in [6.45, 7) is 4.05. The van der Waals surface area contributed by atoms with Crippen molar-refractivity contribution < 1.29 is 23.8 Å². The number of amides is 1. The molecule has 1 atom stereocenters. The van der Waals surface area contributed by atoms with E-state index in [9.17, 15) is 14.7 Å². The molecule has 0 bridgehead atoms. The smallest absolute Gasteiger partial charge is 0.296 e. The standard InChI is InChI=1S/C25H21NO5/c1-2-13-30-19-11-6-10-18(15-19)22-21(23(27)17-8-4-3-5-9-17)24(28)25(29)26(22)16-20-12-7-14-31-20/h2-12,14-15,22,27H,1,13,16H2. The summed E-state index contributed by atoms with van der Waals surface area (Å²) in [5.41, 5.74) is 1.14. The van der Waals surface area contributed by atoms with Gasteiger partial charge in [0.15, 0.2) is 0 Å². The molecule has 1 amide bonds. The number of carbonyl (C=O) groups is 2. The number of ether oxygens (including phenoxy) is 1. The van der Waals surface area contributed by atoms with Crippen molar-refractivity contribution in [3.63, 3.8) is 0 Å². The first-order valence-electron chi connectivity index (χ1n) is 9.80. The van der Waals surface area contributed by atoms with Gasteiger partial charge < -0.3 is 19.2 Å². The molecule has 6 nitrogen and oxygen atoms in total. The normalized spacial score (nSPS) is 17.7. The highest BCUT2D eigenvalue weighted by atomic mass is 16.5.